The van der Waals surface area contributed by atoms with Crippen molar-refractivity contribution in [1.82, 2.24) is 4.90 Å². The molecule has 22 heavy (non-hydrogen) atoms. The molecule has 0 saturated carbocycles. The Kier molecular flexibility index (Phi) is 6.44. The first-order valence-electron chi connectivity index (χ1n) is 8.82. The fraction of sp³-hybridized carbons (Fsp3) is 0.632. The molecule has 1 aliphatic rings. The SMILES string of the molecule is CCCN(CCC)C1CCc2cccc(NC=O)c2C1CC. The molecule has 0 aliphatic heterocycles. The minimum Gasteiger partial charge on any atom is -0.328 e. The zero-order valence-electron chi connectivity index (χ0n) is 14.3. The summed E-state index contributed by atoms with van der Waals surface area (Å²) in [6.45, 7) is 9.15. The lowest BCUT2D eigenvalue weighted by molar-refractivity contribution is -0.105. The maximum atomic E-state index is 11.0. The average Bonchev–Trinajstić information content (AvgIpc) is 2.54. The lowest BCUT2D eigenvalue weighted by Crippen LogP contribution is -2.43. The molecule has 1 N–H and O–H groups in total. The number of benzene rings is 1. The molecule has 0 spiro atoms. The fourth-order valence-corrected chi connectivity index (χ4v) is 4.09. The van der Waals surface area contributed by atoms with Crippen molar-refractivity contribution in [2.24, 2.45) is 0 Å². The van der Waals surface area contributed by atoms with Crippen molar-refractivity contribution in [3.05, 3.63) is 29.3 Å². The number of hydrogen-bond donors (Lipinski definition) is 1. The molecule has 1 aromatic rings. The molecule has 2 atom stereocenters. The summed E-state index contributed by atoms with van der Waals surface area (Å²) in [5.41, 5.74) is 3.81. The molecule has 0 saturated heterocycles. The van der Waals surface area contributed by atoms with Crippen molar-refractivity contribution >= 4 is 12.1 Å². The number of carbonyl (C=O) groups is 1. The van der Waals surface area contributed by atoms with Crippen LogP contribution in [0.3, 0.4) is 0 Å². The Morgan fingerprint density at radius 3 is 2.55 bits per heavy atom. The number of hydrogen-bond acceptors (Lipinski definition) is 2. The summed E-state index contributed by atoms with van der Waals surface area (Å²) in [6, 6.07) is 6.94. The number of carbonyl (C=O) groups excluding carboxylic acids is 1. The van der Waals surface area contributed by atoms with Crippen LogP contribution < -0.4 is 5.32 Å². The van der Waals surface area contributed by atoms with Gasteiger partial charge >= 0.3 is 0 Å². The minimum atomic E-state index is 0.519. The third kappa shape index (κ3) is 3.52. The van der Waals surface area contributed by atoms with E-state index in [1.165, 1.54) is 43.5 Å². The van der Waals surface area contributed by atoms with Gasteiger partial charge in [0, 0.05) is 17.6 Å². The second kappa shape index (κ2) is 8.33. The highest BCUT2D eigenvalue weighted by Crippen LogP contribution is 2.41. The van der Waals surface area contributed by atoms with Gasteiger partial charge in [-0.2, -0.15) is 0 Å². The highest BCUT2D eigenvalue weighted by molar-refractivity contribution is 5.75. The van der Waals surface area contributed by atoms with Crippen LogP contribution in [0.15, 0.2) is 18.2 Å². The summed E-state index contributed by atoms with van der Waals surface area (Å²) in [7, 11) is 0. The zero-order valence-corrected chi connectivity index (χ0v) is 14.3. The predicted octanol–water partition coefficient (Wildman–Crippen LogP) is 4.19. The summed E-state index contributed by atoms with van der Waals surface area (Å²) in [6.07, 6.45) is 6.69. The second-order valence-electron chi connectivity index (χ2n) is 6.30. The van der Waals surface area contributed by atoms with Gasteiger partial charge in [0.05, 0.1) is 0 Å². The van der Waals surface area contributed by atoms with E-state index in [9.17, 15) is 4.79 Å². The van der Waals surface area contributed by atoms with Gasteiger partial charge in [0.25, 0.3) is 0 Å². The first-order chi connectivity index (χ1) is 10.8. The smallest absolute Gasteiger partial charge is 0.211 e. The number of rotatable bonds is 8. The molecule has 122 valence electrons. The van der Waals surface area contributed by atoms with Crippen LogP contribution in [0.2, 0.25) is 0 Å². The molecule has 3 heteroatoms. The van der Waals surface area contributed by atoms with Crippen LogP contribution in [0.4, 0.5) is 5.69 Å². The van der Waals surface area contributed by atoms with Crippen molar-refractivity contribution in [2.75, 3.05) is 18.4 Å². The van der Waals surface area contributed by atoms with E-state index in [-0.39, 0.29) is 0 Å². The highest BCUT2D eigenvalue weighted by Gasteiger charge is 2.33. The van der Waals surface area contributed by atoms with E-state index in [4.69, 9.17) is 0 Å². The molecular formula is C19H30N2O. The van der Waals surface area contributed by atoms with Gasteiger partial charge < -0.3 is 5.32 Å². The molecule has 2 rings (SSSR count). The summed E-state index contributed by atoms with van der Waals surface area (Å²) in [5, 5.41) is 2.92. The van der Waals surface area contributed by atoms with Gasteiger partial charge in [-0.05, 0) is 62.4 Å². The Morgan fingerprint density at radius 2 is 1.95 bits per heavy atom. The number of nitrogens with zero attached hydrogens (tertiary/aromatic N) is 1. The molecule has 1 aromatic carbocycles. The molecule has 0 radical (unpaired) electrons. The summed E-state index contributed by atoms with van der Waals surface area (Å²) in [4.78, 5) is 13.6. The van der Waals surface area contributed by atoms with Crippen molar-refractivity contribution in [3.8, 4) is 0 Å². The summed E-state index contributed by atoms with van der Waals surface area (Å²) >= 11 is 0. The van der Waals surface area contributed by atoms with Crippen LogP contribution in [-0.4, -0.2) is 30.4 Å². The molecule has 1 aliphatic carbocycles. The normalized spacial score (nSPS) is 20.7. The lowest BCUT2D eigenvalue weighted by atomic mass is 9.76. The van der Waals surface area contributed by atoms with E-state index in [2.05, 4.69) is 43.1 Å². The standard InChI is InChI=1S/C19H30N2O/c1-4-12-21(13-5-2)18-11-10-15-8-7-9-17(20-14-22)19(15)16(18)6-3/h7-9,14,16,18H,4-6,10-13H2,1-3H3,(H,20,22). The van der Waals surface area contributed by atoms with Crippen molar-refractivity contribution in [2.45, 2.75) is 64.8 Å². The highest BCUT2D eigenvalue weighted by atomic mass is 16.1. The van der Waals surface area contributed by atoms with Crippen LogP contribution >= 0.6 is 0 Å². The third-order valence-corrected chi connectivity index (χ3v) is 4.89. The van der Waals surface area contributed by atoms with Crippen LogP contribution in [0.5, 0.6) is 0 Å². The van der Waals surface area contributed by atoms with Crippen LogP contribution in [0, 0.1) is 0 Å². The van der Waals surface area contributed by atoms with Gasteiger partial charge in [0.2, 0.25) is 6.41 Å². The van der Waals surface area contributed by atoms with E-state index in [1.54, 1.807) is 0 Å². The molecule has 0 heterocycles. The monoisotopic (exact) mass is 302 g/mol. The van der Waals surface area contributed by atoms with Crippen molar-refractivity contribution in [3.63, 3.8) is 0 Å². The van der Waals surface area contributed by atoms with E-state index >= 15 is 0 Å². The van der Waals surface area contributed by atoms with Gasteiger partial charge in [-0.1, -0.05) is 32.9 Å². The number of nitrogens with one attached hydrogen (secondary N) is 1. The topological polar surface area (TPSA) is 32.3 Å². The quantitative estimate of drug-likeness (QED) is 0.730. The average molecular weight is 302 g/mol. The number of anilines is 1. The minimum absolute atomic E-state index is 0.519. The van der Waals surface area contributed by atoms with E-state index < -0.39 is 0 Å². The maximum Gasteiger partial charge on any atom is 0.211 e. The molecule has 0 fully saturated rings. The number of fused-ring (bicyclic) bond motifs is 1. The predicted molar refractivity (Wildman–Crippen MR) is 93.4 cm³/mol. The molecule has 0 aromatic heterocycles. The second-order valence-corrected chi connectivity index (χ2v) is 6.30. The van der Waals surface area contributed by atoms with Crippen LogP contribution in [0.1, 0.15) is 63.5 Å². The molecule has 1 amide bonds. The third-order valence-electron chi connectivity index (χ3n) is 4.89. The zero-order chi connectivity index (χ0) is 15.9. The number of aryl methyl sites for hydroxylation is 1. The largest absolute Gasteiger partial charge is 0.328 e. The van der Waals surface area contributed by atoms with Gasteiger partial charge in [-0.25, -0.2) is 0 Å². The Hall–Kier alpha value is -1.35. The Balaban J connectivity index is 2.35. The van der Waals surface area contributed by atoms with Gasteiger partial charge in [-0.3, -0.25) is 9.69 Å². The maximum absolute atomic E-state index is 11.0. The van der Waals surface area contributed by atoms with Crippen molar-refractivity contribution < 1.29 is 4.79 Å². The molecule has 3 nitrogen and oxygen atoms in total. The molecular weight excluding hydrogens is 272 g/mol. The van der Waals surface area contributed by atoms with Crippen LogP contribution in [-0.2, 0) is 11.2 Å². The summed E-state index contributed by atoms with van der Waals surface area (Å²) in [5.74, 6) is 0.519. The van der Waals surface area contributed by atoms with Gasteiger partial charge in [-0.15, -0.1) is 0 Å². The first kappa shape index (κ1) is 17.0. The Morgan fingerprint density at radius 1 is 1.23 bits per heavy atom. The van der Waals surface area contributed by atoms with E-state index in [0.717, 1.165) is 24.9 Å². The Labute approximate surface area is 135 Å². The summed E-state index contributed by atoms with van der Waals surface area (Å²) < 4.78 is 0. The number of amides is 1. The fourth-order valence-electron chi connectivity index (χ4n) is 4.09. The molecule has 0 bridgehead atoms. The van der Waals surface area contributed by atoms with Gasteiger partial charge in [0.15, 0.2) is 0 Å². The Bertz CT molecular complexity index is 480. The van der Waals surface area contributed by atoms with E-state index in [0.29, 0.717) is 12.0 Å². The van der Waals surface area contributed by atoms with E-state index in [1.807, 2.05) is 6.07 Å². The molecule has 2 unspecified atom stereocenters. The first-order valence-corrected chi connectivity index (χ1v) is 8.82. The lowest BCUT2D eigenvalue weighted by Gasteiger charge is -2.41. The van der Waals surface area contributed by atoms with Gasteiger partial charge in [0.1, 0.15) is 0 Å². The van der Waals surface area contributed by atoms with Crippen molar-refractivity contribution in [1.29, 1.82) is 0 Å². The van der Waals surface area contributed by atoms with Crippen LogP contribution in [0.25, 0.3) is 0 Å².